The first-order valence-electron chi connectivity index (χ1n) is 11.0. The van der Waals surface area contributed by atoms with Crippen LogP contribution in [0.5, 0.6) is 11.5 Å². The smallest absolute Gasteiger partial charge is 0.287 e. The van der Waals surface area contributed by atoms with Crippen LogP contribution in [0.2, 0.25) is 10.0 Å². The minimum absolute atomic E-state index is 0.194. The Morgan fingerprint density at radius 1 is 1.03 bits per heavy atom. The highest BCUT2D eigenvalue weighted by Crippen LogP contribution is 2.33. The van der Waals surface area contributed by atoms with E-state index >= 15 is 0 Å². The molecule has 1 aromatic heterocycles. The van der Waals surface area contributed by atoms with Crippen molar-refractivity contribution in [3.05, 3.63) is 80.2 Å². The number of hydrogen-bond acceptors (Lipinski definition) is 6. The normalized spacial score (nSPS) is 15.1. The molecule has 8 nitrogen and oxygen atoms in total. The standard InChI is InChI=1S/C25H21Cl2N3O5/c1-13-22-18(29-30-24(31)16-7-6-15(26)10-17(16)27)3-2-4-20(22)35-23(13)25(32)28-11-14-5-8-19-21(9-14)34-12-33-19/h5-10H,2-4,11-12H2,1H3,(H,28,32)(H,30,31)/b29-18+. The number of carbonyl (C=O) groups is 2. The maximum Gasteiger partial charge on any atom is 0.287 e. The minimum atomic E-state index is -0.450. The summed E-state index contributed by atoms with van der Waals surface area (Å²) >= 11 is 12.0. The Morgan fingerprint density at radius 2 is 1.86 bits per heavy atom. The highest BCUT2D eigenvalue weighted by molar-refractivity contribution is 6.36. The van der Waals surface area contributed by atoms with E-state index in [1.165, 1.54) is 12.1 Å². The first kappa shape index (κ1) is 23.3. The topological polar surface area (TPSA) is 102 Å². The van der Waals surface area contributed by atoms with Gasteiger partial charge in [-0.3, -0.25) is 9.59 Å². The summed E-state index contributed by atoms with van der Waals surface area (Å²) in [6, 6.07) is 10.1. The number of ether oxygens (including phenoxy) is 2. The SMILES string of the molecule is Cc1c(C(=O)NCc2ccc3c(c2)OCO3)oc2c1/C(=N/NC(=O)c1ccc(Cl)cc1Cl)CCC2. The molecule has 0 saturated carbocycles. The quantitative estimate of drug-likeness (QED) is 0.466. The molecule has 0 radical (unpaired) electrons. The molecule has 2 aliphatic rings. The van der Waals surface area contributed by atoms with E-state index in [1.54, 1.807) is 6.07 Å². The number of furan rings is 1. The van der Waals surface area contributed by atoms with Crippen LogP contribution in [0.15, 0.2) is 45.9 Å². The molecular weight excluding hydrogens is 493 g/mol. The number of nitrogens with zero attached hydrogens (tertiary/aromatic N) is 1. The minimum Gasteiger partial charge on any atom is -0.455 e. The van der Waals surface area contributed by atoms with Gasteiger partial charge in [-0.2, -0.15) is 5.10 Å². The number of rotatable bonds is 5. The maximum atomic E-state index is 12.9. The van der Waals surface area contributed by atoms with Crippen LogP contribution in [0.3, 0.4) is 0 Å². The average molecular weight is 514 g/mol. The molecule has 3 aromatic rings. The van der Waals surface area contributed by atoms with Crippen LogP contribution < -0.4 is 20.2 Å². The van der Waals surface area contributed by atoms with Gasteiger partial charge < -0.3 is 19.2 Å². The van der Waals surface area contributed by atoms with Gasteiger partial charge in [0.2, 0.25) is 6.79 Å². The molecule has 0 atom stereocenters. The summed E-state index contributed by atoms with van der Waals surface area (Å²) < 4.78 is 16.6. The van der Waals surface area contributed by atoms with Gasteiger partial charge in [-0.25, -0.2) is 5.43 Å². The molecule has 5 rings (SSSR count). The lowest BCUT2D eigenvalue weighted by Gasteiger charge is -2.13. The van der Waals surface area contributed by atoms with E-state index in [0.29, 0.717) is 52.9 Å². The molecular formula is C25H21Cl2N3O5. The number of hydrazone groups is 1. The Hall–Kier alpha value is -3.49. The molecule has 2 N–H and O–H groups in total. The van der Waals surface area contributed by atoms with Gasteiger partial charge in [0.25, 0.3) is 11.8 Å². The van der Waals surface area contributed by atoms with Crippen LogP contribution in [0.25, 0.3) is 0 Å². The molecule has 0 saturated heterocycles. The highest BCUT2D eigenvalue weighted by Gasteiger charge is 2.28. The maximum absolute atomic E-state index is 12.9. The zero-order valence-electron chi connectivity index (χ0n) is 18.7. The van der Waals surface area contributed by atoms with Gasteiger partial charge in [-0.05, 0) is 55.7 Å². The number of fused-ring (bicyclic) bond motifs is 2. The highest BCUT2D eigenvalue weighted by atomic mass is 35.5. The second-order valence-corrected chi connectivity index (χ2v) is 9.05. The third-order valence-corrected chi connectivity index (χ3v) is 6.44. The van der Waals surface area contributed by atoms with Crippen molar-refractivity contribution < 1.29 is 23.5 Å². The van der Waals surface area contributed by atoms with Crippen molar-refractivity contribution in [3.63, 3.8) is 0 Å². The van der Waals surface area contributed by atoms with Crippen LogP contribution in [0.1, 0.15) is 56.2 Å². The molecule has 2 aromatic carbocycles. The van der Waals surface area contributed by atoms with Crippen molar-refractivity contribution in [2.75, 3.05) is 6.79 Å². The molecule has 2 heterocycles. The Morgan fingerprint density at radius 3 is 2.69 bits per heavy atom. The second kappa shape index (κ2) is 9.64. The molecule has 1 aliphatic carbocycles. The molecule has 0 bridgehead atoms. The monoisotopic (exact) mass is 513 g/mol. The summed E-state index contributed by atoms with van der Waals surface area (Å²) in [7, 11) is 0. The largest absolute Gasteiger partial charge is 0.455 e. The van der Waals surface area contributed by atoms with Gasteiger partial charge >= 0.3 is 0 Å². The summed E-state index contributed by atoms with van der Waals surface area (Å²) in [5, 5.41) is 7.90. The van der Waals surface area contributed by atoms with Crippen molar-refractivity contribution in [2.24, 2.45) is 5.10 Å². The number of benzene rings is 2. The third-order valence-electron chi connectivity index (χ3n) is 5.89. The summed E-state index contributed by atoms with van der Waals surface area (Å²) in [6.07, 6.45) is 2.11. The molecule has 35 heavy (non-hydrogen) atoms. The number of hydrogen-bond donors (Lipinski definition) is 2. The van der Waals surface area contributed by atoms with Crippen molar-refractivity contribution in [3.8, 4) is 11.5 Å². The summed E-state index contributed by atoms with van der Waals surface area (Å²) in [6.45, 7) is 2.31. The number of halogens is 2. The zero-order valence-corrected chi connectivity index (χ0v) is 20.3. The van der Waals surface area contributed by atoms with Gasteiger partial charge in [0.15, 0.2) is 17.3 Å². The number of carbonyl (C=O) groups excluding carboxylic acids is 2. The molecule has 0 spiro atoms. The van der Waals surface area contributed by atoms with Crippen molar-refractivity contribution in [1.82, 2.24) is 10.7 Å². The van der Waals surface area contributed by atoms with Gasteiger partial charge in [0.1, 0.15) is 5.76 Å². The van der Waals surface area contributed by atoms with Crippen LogP contribution in [-0.2, 0) is 13.0 Å². The van der Waals surface area contributed by atoms with E-state index in [-0.39, 0.29) is 29.0 Å². The van der Waals surface area contributed by atoms with E-state index in [4.69, 9.17) is 37.1 Å². The van der Waals surface area contributed by atoms with Gasteiger partial charge in [0.05, 0.1) is 16.3 Å². The lowest BCUT2D eigenvalue weighted by atomic mass is 9.93. The summed E-state index contributed by atoms with van der Waals surface area (Å²) in [5.41, 5.74) is 5.80. The van der Waals surface area contributed by atoms with Crippen LogP contribution in [0, 0.1) is 6.92 Å². The predicted molar refractivity (Wildman–Crippen MR) is 131 cm³/mol. The number of amides is 2. The predicted octanol–water partition coefficient (Wildman–Crippen LogP) is 5.02. The number of nitrogens with one attached hydrogen (secondary N) is 2. The Labute approximate surface area is 211 Å². The molecule has 0 fully saturated rings. The molecule has 1 aliphatic heterocycles. The lowest BCUT2D eigenvalue weighted by Crippen LogP contribution is -2.23. The van der Waals surface area contributed by atoms with E-state index in [9.17, 15) is 9.59 Å². The fourth-order valence-corrected chi connectivity index (χ4v) is 4.66. The van der Waals surface area contributed by atoms with E-state index in [0.717, 1.165) is 17.5 Å². The fraction of sp³-hybridized carbons (Fsp3) is 0.240. The first-order chi connectivity index (χ1) is 16.9. The van der Waals surface area contributed by atoms with Gasteiger partial charge in [0, 0.05) is 29.1 Å². The summed E-state index contributed by atoms with van der Waals surface area (Å²) in [5.74, 6) is 1.48. The Kier molecular flexibility index (Phi) is 6.40. The van der Waals surface area contributed by atoms with Crippen molar-refractivity contribution >= 4 is 40.7 Å². The van der Waals surface area contributed by atoms with Gasteiger partial charge in [-0.1, -0.05) is 29.3 Å². The fourth-order valence-electron chi connectivity index (χ4n) is 4.16. The van der Waals surface area contributed by atoms with Crippen LogP contribution >= 0.6 is 23.2 Å². The molecule has 2 amide bonds. The molecule has 180 valence electrons. The van der Waals surface area contributed by atoms with Crippen LogP contribution in [0.4, 0.5) is 0 Å². The van der Waals surface area contributed by atoms with E-state index in [2.05, 4.69) is 15.8 Å². The molecule has 0 unspecified atom stereocenters. The van der Waals surface area contributed by atoms with Gasteiger partial charge in [-0.15, -0.1) is 0 Å². The van der Waals surface area contributed by atoms with Crippen molar-refractivity contribution in [1.29, 1.82) is 0 Å². The third kappa shape index (κ3) is 4.72. The van der Waals surface area contributed by atoms with Crippen LogP contribution in [-0.4, -0.2) is 24.3 Å². The van der Waals surface area contributed by atoms with E-state index in [1.807, 2.05) is 25.1 Å². The Balaban J connectivity index is 1.31. The first-order valence-corrected chi connectivity index (χ1v) is 11.8. The lowest BCUT2D eigenvalue weighted by molar-refractivity contribution is 0.0919. The summed E-state index contributed by atoms with van der Waals surface area (Å²) in [4.78, 5) is 25.5. The second-order valence-electron chi connectivity index (χ2n) is 8.20. The van der Waals surface area contributed by atoms with Crippen molar-refractivity contribution in [2.45, 2.75) is 32.7 Å². The Bertz CT molecular complexity index is 1370. The average Bonchev–Trinajstić information content (AvgIpc) is 3.45. The zero-order chi connectivity index (χ0) is 24.5. The number of aryl methyl sites for hydroxylation is 1. The van der Waals surface area contributed by atoms with E-state index < -0.39 is 5.91 Å². The molecule has 10 heteroatoms.